The Labute approximate surface area is 493 Å². The van der Waals surface area contributed by atoms with Crippen molar-refractivity contribution in [2.45, 2.75) is 24.4 Å². The van der Waals surface area contributed by atoms with E-state index in [2.05, 4.69) is 0 Å². The molecule has 0 radical (unpaired) electrons. The molecule has 8 aromatic rings. The molecule has 85 heavy (non-hydrogen) atoms. The molecule has 4 unspecified atom stereocenters. The van der Waals surface area contributed by atoms with Crippen molar-refractivity contribution < 1.29 is 56.8 Å². The molecular formula is C69H64N4O12. The molecule has 12 rings (SSSR count). The first-order chi connectivity index (χ1) is 41.9. The second-order valence-electron chi connectivity index (χ2n) is 21.0. The van der Waals surface area contributed by atoms with E-state index in [1.165, 1.54) is 0 Å². The zero-order valence-corrected chi connectivity index (χ0v) is 46.8. The first-order valence-electron chi connectivity index (χ1n) is 28.4. The van der Waals surface area contributed by atoms with Crippen LogP contribution in [0.1, 0.15) is 22.3 Å². The van der Waals surface area contributed by atoms with E-state index in [-0.39, 0.29) is 50.8 Å². The fourth-order valence-corrected chi connectivity index (χ4v) is 8.32. The average molecular weight is 1140 g/mol. The van der Waals surface area contributed by atoms with Crippen molar-refractivity contribution in [3.63, 3.8) is 0 Å². The highest BCUT2D eigenvalue weighted by atomic mass is 16.6. The third kappa shape index (κ3) is 18.3. The lowest BCUT2D eigenvalue weighted by Gasteiger charge is -2.33. The molecule has 0 aliphatic carbocycles. The number of benzene rings is 8. The van der Waals surface area contributed by atoms with Gasteiger partial charge in [-0.2, -0.15) is 0 Å². The van der Waals surface area contributed by atoms with Gasteiger partial charge in [-0.15, -0.1) is 0 Å². The van der Waals surface area contributed by atoms with Crippen LogP contribution >= 0.6 is 0 Å². The van der Waals surface area contributed by atoms with Crippen molar-refractivity contribution in [3.8, 4) is 46.0 Å². The van der Waals surface area contributed by atoms with E-state index in [9.17, 15) is 0 Å². The zero-order valence-electron chi connectivity index (χ0n) is 46.8. The van der Waals surface area contributed by atoms with Gasteiger partial charge < -0.3 is 56.8 Å². The van der Waals surface area contributed by atoms with E-state index in [0.717, 1.165) is 94.4 Å². The van der Waals surface area contributed by atoms with Gasteiger partial charge in [-0.1, -0.05) is 0 Å². The molecule has 0 N–H and O–H groups in total. The number of ether oxygens (including phenoxy) is 12. The number of aliphatic imine (C=N–C) groups is 4. The SMILES string of the molecule is C(=Nc1ccc(OCC2CO2)cc1)c1ccc(OCC(COc2ccc(C=Nc3ccc(OCC4CO4)cc3)cc2)(COc2ccc(C=Nc3ccc(OCC4CO4)cc3)cc2)COc2ccc(C=Nc3ccc(OCC4CO4)cc3)cc2)cc1. The Morgan fingerprint density at radius 2 is 0.447 bits per heavy atom. The van der Waals surface area contributed by atoms with Crippen LogP contribution in [0, 0.1) is 5.41 Å². The van der Waals surface area contributed by atoms with Crippen LogP contribution in [0.3, 0.4) is 0 Å². The smallest absolute Gasteiger partial charge is 0.119 e. The maximum atomic E-state index is 6.69. The third-order valence-corrected chi connectivity index (χ3v) is 13.9. The van der Waals surface area contributed by atoms with Gasteiger partial charge in [0, 0.05) is 24.9 Å². The molecule has 4 atom stereocenters. The van der Waals surface area contributed by atoms with Crippen molar-refractivity contribution in [2.24, 2.45) is 25.4 Å². The quantitative estimate of drug-likeness (QED) is 0.0289. The van der Waals surface area contributed by atoms with Gasteiger partial charge in [-0.25, -0.2) is 0 Å². The van der Waals surface area contributed by atoms with Gasteiger partial charge in [0.15, 0.2) is 0 Å². The minimum Gasteiger partial charge on any atom is -0.493 e. The van der Waals surface area contributed by atoms with Crippen LogP contribution < -0.4 is 37.9 Å². The Kier molecular flexibility index (Phi) is 18.4. The fraction of sp³-hybridized carbons (Fsp3) is 0.246. The molecule has 4 fully saturated rings. The molecule has 16 nitrogen and oxygen atoms in total. The van der Waals surface area contributed by atoms with Crippen molar-refractivity contribution in [1.82, 2.24) is 0 Å². The molecule has 0 bridgehead atoms. The van der Waals surface area contributed by atoms with E-state index in [1.807, 2.05) is 219 Å². The van der Waals surface area contributed by atoms with Crippen LogP contribution in [0.25, 0.3) is 0 Å². The Morgan fingerprint density at radius 1 is 0.271 bits per heavy atom. The molecule has 4 aliphatic rings. The van der Waals surface area contributed by atoms with E-state index in [1.54, 1.807) is 0 Å². The molecule has 8 aromatic carbocycles. The van der Waals surface area contributed by atoms with Gasteiger partial charge in [0.05, 0.1) is 49.2 Å². The fourth-order valence-electron chi connectivity index (χ4n) is 8.32. The van der Waals surface area contributed by atoms with Gasteiger partial charge in [0.1, 0.15) is 129 Å². The van der Waals surface area contributed by atoms with E-state index >= 15 is 0 Å². The van der Waals surface area contributed by atoms with Gasteiger partial charge in [0.25, 0.3) is 0 Å². The molecular weight excluding hydrogens is 1080 g/mol. The van der Waals surface area contributed by atoms with Crippen LogP contribution in [-0.2, 0) is 18.9 Å². The van der Waals surface area contributed by atoms with Crippen LogP contribution in [0.2, 0.25) is 0 Å². The van der Waals surface area contributed by atoms with E-state index in [4.69, 9.17) is 76.8 Å². The van der Waals surface area contributed by atoms with Crippen molar-refractivity contribution in [3.05, 3.63) is 216 Å². The second-order valence-corrected chi connectivity index (χ2v) is 21.0. The summed E-state index contributed by atoms with van der Waals surface area (Å²) in [6, 6.07) is 61.9. The summed E-state index contributed by atoms with van der Waals surface area (Å²) in [6.07, 6.45) is 8.05. The Hall–Kier alpha value is -9.32. The summed E-state index contributed by atoms with van der Waals surface area (Å²) in [5.74, 6) is 5.73. The van der Waals surface area contributed by atoms with E-state index < -0.39 is 5.41 Å². The van der Waals surface area contributed by atoms with Gasteiger partial charge in [-0.05, 0) is 216 Å². The average Bonchev–Trinajstić information content (AvgIpc) is 4.34. The van der Waals surface area contributed by atoms with Crippen molar-refractivity contribution in [1.29, 1.82) is 0 Å². The van der Waals surface area contributed by atoms with Crippen molar-refractivity contribution >= 4 is 47.6 Å². The highest BCUT2D eigenvalue weighted by molar-refractivity contribution is 5.84. The lowest BCUT2D eigenvalue weighted by atomic mass is 9.92. The zero-order chi connectivity index (χ0) is 57.3. The summed E-state index contributed by atoms with van der Waals surface area (Å²) in [7, 11) is 0. The molecule has 4 heterocycles. The summed E-state index contributed by atoms with van der Waals surface area (Å²) in [6.45, 7) is 5.85. The first kappa shape index (κ1) is 56.2. The standard InChI is InChI=1S/C69H64N4O12/c1-17-61(18-2-49(1)33-70-53-9-25-57(26-10-53)74-37-65-41-78-65)82-45-69(46-83-62-19-3-50(4-20-62)34-71-54-11-27-58(28-12-54)75-38-66-42-79-66,47-84-63-21-5-51(6-22-63)35-72-55-13-29-59(30-14-55)76-39-67-43-80-67)48-85-64-23-7-52(8-24-64)36-73-56-15-31-60(32-16-56)77-40-68-44-81-68/h1-36,65-68H,37-48H2. The van der Waals surface area contributed by atoms with Crippen LogP contribution in [0.5, 0.6) is 46.0 Å². The topological polar surface area (TPSA) is 173 Å². The van der Waals surface area contributed by atoms with E-state index in [0.29, 0.717) is 49.4 Å². The Morgan fingerprint density at radius 3 is 0.635 bits per heavy atom. The second kappa shape index (κ2) is 27.8. The lowest BCUT2D eigenvalue weighted by Crippen LogP contribution is -2.45. The molecule has 4 aliphatic heterocycles. The van der Waals surface area contributed by atoms with Crippen LogP contribution in [0.15, 0.2) is 214 Å². The summed E-state index contributed by atoms with van der Waals surface area (Å²) in [5.41, 5.74) is 5.96. The number of nitrogens with zero attached hydrogens (tertiary/aromatic N) is 4. The summed E-state index contributed by atoms with van der Waals surface area (Å²) in [4.78, 5) is 18.8. The number of hydrogen-bond donors (Lipinski definition) is 0. The first-order valence-corrected chi connectivity index (χ1v) is 28.4. The highest BCUT2D eigenvalue weighted by Crippen LogP contribution is 2.30. The van der Waals surface area contributed by atoms with Gasteiger partial charge >= 0.3 is 0 Å². The molecule has 0 amide bonds. The number of hydrogen-bond acceptors (Lipinski definition) is 16. The molecule has 432 valence electrons. The Balaban J connectivity index is 0.750. The number of epoxide rings is 4. The summed E-state index contributed by atoms with van der Waals surface area (Å²) >= 11 is 0. The molecule has 0 aromatic heterocycles. The minimum absolute atomic E-state index is 0.163. The molecule has 4 saturated heterocycles. The minimum atomic E-state index is -0.882. The van der Waals surface area contributed by atoms with Crippen molar-refractivity contribution in [2.75, 3.05) is 79.3 Å². The van der Waals surface area contributed by atoms with Gasteiger partial charge in [0.2, 0.25) is 0 Å². The van der Waals surface area contributed by atoms with Crippen LogP contribution in [0.4, 0.5) is 22.7 Å². The molecule has 16 heteroatoms. The van der Waals surface area contributed by atoms with Crippen LogP contribution in [-0.4, -0.2) is 129 Å². The van der Waals surface area contributed by atoms with Gasteiger partial charge in [-0.3, -0.25) is 20.0 Å². The Bertz CT molecular complexity index is 3020. The monoisotopic (exact) mass is 1140 g/mol. The predicted molar refractivity (Wildman–Crippen MR) is 326 cm³/mol. The molecule has 0 spiro atoms. The third-order valence-electron chi connectivity index (χ3n) is 13.9. The largest absolute Gasteiger partial charge is 0.493 e. The summed E-state index contributed by atoms with van der Waals surface area (Å²) < 4.78 is 71.0. The summed E-state index contributed by atoms with van der Waals surface area (Å²) in [5, 5.41) is 0. The number of rotatable bonds is 32. The maximum absolute atomic E-state index is 6.69. The normalized spacial score (nSPS) is 18.3. The maximum Gasteiger partial charge on any atom is 0.119 e. The predicted octanol–water partition coefficient (Wildman–Crippen LogP) is 12.4. The molecule has 0 saturated carbocycles. The highest BCUT2D eigenvalue weighted by Gasteiger charge is 2.36. The lowest BCUT2D eigenvalue weighted by molar-refractivity contribution is -0.00351.